The molecule has 1 amide bonds. The number of halogens is 1. The lowest BCUT2D eigenvalue weighted by Crippen LogP contribution is -2.29. The summed E-state index contributed by atoms with van der Waals surface area (Å²) < 4.78 is 18.7. The molecule has 4 nitrogen and oxygen atoms in total. The second-order valence-corrected chi connectivity index (χ2v) is 4.92. The molecule has 1 aliphatic rings. The highest BCUT2D eigenvalue weighted by molar-refractivity contribution is 5.74. The lowest BCUT2D eigenvalue weighted by molar-refractivity contribution is -0.129. The van der Waals surface area contributed by atoms with Crippen molar-refractivity contribution in [1.29, 1.82) is 0 Å². The number of ether oxygens (including phenoxy) is 1. The van der Waals surface area contributed by atoms with Gasteiger partial charge in [0, 0.05) is 13.5 Å². The van der Waals surface area contributed by atoms with Gasteiger partial charge in [-0.15, -0.1) is 0 Å². The van der Waals surface area contributed by atoms with Crippen molar-refractivity contribution in [2.75, 3.05) is 20.2 Å². The van der Waals surface area contributed by atoms with Crippen LogP contribution in [0.5, 0.6) is 5.75 Å². The van der Waals surface area contributed by atoms with E-state index >= 15 is 0 Å². The van der Waals surface area contributed by atoms with Crippen molar-refractivity contribution in [1.82, 2.24) is 4.90 Å². The summed E-state index contributed by atoms with van der Waals surface area (Å²) in [6.45, 7) is 2.72. The summed E-state index contributed by atoms with van der Waals surface area (Å²) in [6, 6.07) is 4.75. The Morgan fingerprint density at radius 3 is 2.84 bits per heavy atom. The van der Waals surface area contributed by atoms with E-state index in [1.807, 2.05) is 0 Å². The highest BCUT2D eigenvalue weighted by Gasteiger charge is 2.34. The van der Waals surface area contributed by atoms with Crippen molar-refractivity contribution < 1.29 is 13.9 Å². The molecule has 2 N–H and O–H groups in total. The van der Waals surface area contributed by atoms with Crippen LogP contribution in [0.15, 0.2) is 18.2 Å². The zero-order valence-corrected chi connectivity index (χ0v) is 11.2. The molecule has 1 aromatic rings. The molecule has 1 heterocycles. The Bertz CT molecular complexity index is 479. The molecule has 2 rings (SSSR count). The molecule has 1 aromatic carbocycles. The van der Waals surface area contributed by atoms with Crippen LogP contribution in [-0.2, 0) is 4.79 Å². The quantitative estimate of drug-likeness (QED) is 0.906. The molecule has 0 aliphatic carbocycles. The fourth-order valence-corrected chi connectivity index (χ4v) is 2.65. The van der Waals surface area contributed by atoms with Gasteiger partial charge >= 0.3 is 0 Å². The van der Waals surface area contributed by atoms with Crippen LogP contribution in [0.3, 0.4) is 0 Å². The minimum Gasteiger partial charge on any atom is -0.494 e. The van der Waals surface area contributed by atoms with Crippen molar-refractivity contribution in [3.8, 4) is 5.75 Å². The second-order valence-electron chi connectivity index (χ2n) is 4.92. The molecule has 1 saturated heterocycles. The molecular weight excluding hydrogens is 247 g/mol. The fraction of sp³-hybridized carbons (Fsp3) is 0.500. The number of carbonyl (C=O) groups is 1. The van der Waals surface area contributed by atoms with E-state index < -0.39 is 5.82 Å². The molecule has 2 atom stereocenters. The first kappa shape index (κ1) is 13.8. The molecule has 1 aliphatic heterocycles. The van der Waals surface area contributed by atoms with Crippen LogP contribution >= 0.6 is 0 Å². The van der Waals surface area contributed by atoms with Gasteiger partial charge in [0.05, 0.1) is 13.2 Å². The number of benzene rings is 1. The molecule has 104 valence electrons. The Morgan fingerprint density at radius 2 is 2.32 bits per heavy atom. The molecule has 0 saturated carbocycles. The fourth-order valence-electron chi connectivity index (χ4n) is 2.65. The topological polar surface area (TPSA) is 55.6 Å². The normalized spacial score (nSPS) is 22.6. The predicted molar refractivity (Wildman–Crippen MR) is 70.2 cm³/mol. The Hall–Kier alpha value is -1.62. The Labute approximate surface area is 112 Å². The molecule has 0 radical (unpaired) electrons. The van der Waals surface area contributed by atoms with Gasteiger partial charge in [0.1, 0.15) is 0 Å². The van der Waals surface area contributed by atoms with Gasteiger partial charge in [-0.05, 0) is 36.6 Å². The van der Waals surface area contributed by atoms with Gasteiger partial charge in [0.25, 0.3) is 0 Å². The number of carbonyl (C=O) groups excluding carboxylic acids is 1. The summed E-state index contributed by atoms with van der Waals surface area (Å²) in [6.07, 6.45) is 0.780. The van der Waals surface area contributed by atoms with E-state index in [0.717, 1.165) is 12.0 Å². The summed E-state index contributed by atoms with van der Waals surface area (Å²) in [4.78, 5) is 13.4. The average Bonchev–Trinajstić information content (AvgIpc) is 2.83. The van der Waals surface area contributed by atoms with Crippen LogP contribution in [0.25, 0.3) is 0 Å². The molecule has 0 aromatic heterocycles. The highest BCUT2D eigenvalue weighted by atomic mass is 19.1. The smallest absolute Gasteiger partial charge is 0.219 e. The molecule has 0 spiro atoms. The zero-order valence-electron chi connectivity index (χ0n) is 11.2. The number of hydrogen-bond acceptors (Lipinski definition) is 3. The van der Waals surface area contributed by atoms with Gasteiger partial charge in [0.15, 0.2) is 11.6 Å². The van der Waals surface area contributed by atoms with Gasteiger partial charge in [-0.2, -0.15) is 0 Å². The van der Waals surface area contributed by atoms with E-state index in [2.05, 4.69) is 0 Å². The van der Waals surface area contributed by atoms with Crippen LogP contribution in [0.2, 0.25) is 0 Å². The molecule has 5 heteroatoms. The average molecular weight is 266 g/mol. The van der Waals surface area contributed by atoms with Crippen LogP contribution in [0.4, 0.5) is 4.39 Å². The van der Waals surface area contributed by atoms with E-state index in [4.69, 9.17) is 10.5 Å². The minimum absolute atomic E-state index is 0.00261. The van der Waals surface area contributed by atoms with Crippen molar-refractivity contribution in [3.63, 3.8) is 0 Å². The molecule has 2 unspecified atom stereocenters. The van der Waals surface area contributed by atoms with E-state index in [1.165, 1.54) is 20.1 Å². The Morgan fingerprint density at radius 1 is 1.58 bits per heavy atom. The summed E-state index contributed by atoms with van der Waals surface area (Å²) in [5.74, 6) is 0.0856. The zero-order chi connectivity index (χ0) is 14.0. The van der Waals surface area contributed by atoms with Crippen LogP contribution in [0, 0.1) is 11.7 Å². The molecule has 1 fully saturated rings. The number of likely N-dealkylation sites (tertiary alicyclic amines) is 1. The third-order valence-electron chi connectivity index (χ3n) is 3.69. The SMILES string of the molecule is COc1ccc(C2CC(CN)CN2C(C)=O)cc1F. The largest absolute Gasteiger partial charge is 0.494 e. The lowest BCUT2D eigenvalue weighted by atomic mass is 9.99. The van der Waals surface area contributed by atoms with E-state index in [0.29, 0.717) is 13.1 Å². The van der Waals surface area contributed by atoms with Crippen molar-refractivity contribution in [2.24, 2.45) is 11.7 Å². The van der Waals surface area contributed by atoms with Crippen LogP contribution < -0.4 is 10.5 Å². The molecule has 19 heavy (non-hydrogen) atoms. The van der Waals surface area contributed by atoms with Gasteiger partial charge in [-0.25, -0.2) is 4.39 Å². The van der Waals surface area contributed by atoms with Gasteiger partial charge in [-0.1, -0.05) is 6.07 Å². The molecule has 0 bridgehead atoms. The van der Waals surface area contributed by atoms with Crippen LogP contribution in [0.1, 0.15) is 24.9 Å². The number of rotatable bonds is 3. The first-order valence-electron chi connectivity index (χ1n) is 6.37. The summed E-state index contributed by atoms with van der Waals surface area (Å²) >= 11 is 0. The minimum atomic E-state index is -0.403. The number of amides is 1. The highest BCUT2D eigenvalue weighted by Crippen LogP contribution is 2.36. The Balaban J connectivity index is 2.28. The first-order chi connectivity index (χ1) is 9.06. The number of methoxy groups -OCH3 is 1. The Kier molecular flexibility index (Phi) is 4.04. The lowest BCUT2D eigenvalue weighted by Gasteiger charge is -2.23. The summed E-state index contributed by atoms with van der Waals surface area (Å²) in [7, 11) is 1.43. The van der Waals surface area contributed by atoms with Gasteiger partial charge < -0.3 is 15.4 Å². The third kappa shape index (κ3) is 2.71. The second kappa shape index (κ2) is 5.57. The van der Waals surface area contributed by atoms with Gasteiger partial charge in [-0.3, -0.25) is 4.79 Å². The van der Waals surface area contributed by atoms with E-state index in [-0.39, 0.29) is 23.6 Å². The summed E-state index contributed by atoms with van der Waals surface area (Å²) in [5.41, 5.74) is 6.48. The molecular formula is C14H19FN2O2. The maximum absolute atomic E-state index is 13.8. The first-order valence-corrected chi connectivity index (χ1v) is 6.37. The van der Waals surface area contributed by atoms with Crippen LogP contribution in [-0.4, -0.2) is 31.0 Å². The summed E-state index contributed by atoms with van der Waals surface area (Å²) in [5, 5.41) is 0. The number of hydrogen-bond donors (Lipinski definition) is 1. The van der Waals surface area contributed by atoms with E-state index in [9.17, 15) is 9.18 Å². The van der Waals surface area contributed by atoms with Crippen molar-refractivity contribution in [3.05, 3.63) is 29.6 Å². The maximum atomic E-state index is 13.8. The number of nitrogens with two attached hydrogens (primary N) is 1. The van der Waals surface area contributed by atoms with Gasteiger partial charge in [0.2, 0.25) is 5.91 Å². The van der Waals surface area contributed by atoms with Crippen molar-refractivity contribution >= 4 is 5.91 Å². The monoisotopic (exact) mass is 266 g/mol. The predicted octanol–water partition coefficient (Wildman–Crippen LogP) is 1.70. The standard InChI is InChI=1S/C14H19FN2O2/c1-9(18)17-8-10(7-16)5-13(17)11-3-4-14(19-2)12(15)6-11/h3-4,6,10,13H,5,7-8,16H2,1-2H3. The van der Waals surface area contributed by atoms with Crippen molar-refractivity contribution in [2.45, 2.75) is 19.4 Å². The third-order valence-corrected chi connectivity index (χ3v) is 3.69. The van der Waals surface area contributed by atoms with E-state index in [1.54, 1.807) is 17.0 Å². The number of nitrogens with zero attached hydrogens (tertiary/aromatic N) is 1. The maximum Gasteiger partial charge on any atom is 0.219 e.